The second-order valence-corrected chi connectivity index (χ2v) is 21.8. The lowest BCUT2D eigenvalue weighted by molar-refractivity contribution is -0.332. The Bertz CT molecular complexity index is 1960. The summed E-state index contributed by atoms with van der Waals surface area (Å²) in [6.07, 6.45) is 64.7. The molecule has 7 N–H and O–H groups in total. The van der Waals surface area contributed by atoms with Crippen molar-refractivity contribution in [1.82, 2.24) is 0 Å². The lowest BCUT2D eigenvalue weighted by Gasteiger charge is -2.42. The molecule has 2 rings (SSSR count). The zero-order chi connectivity index (χ0) is 61.5. The lowest BCUT2D eigenvalue weighted by atomic mass is 9.98. The Morgan fingerprint density at radius 2 is 0.729 bits per heavy atom. The monoisotopic (exact) mass is 1190 g/mol. The number of allylic oxidation sites excluding steroid dienone is 24. The van der Waals surface area contributed by atoms with Gasteiger partial charge in [0.25, 0.3) is 0 Å². The third-order valence-electron chi connectivity index (χ3n) is 14.3. The first-order chi connectivity index (χ1) is 41.6. The van der Waals surface area contributed by atoms with E-state index in [1.165, 1.54) is 19.3 Å². The Labute approximate surface area is 512 Å². The van der Waals surface area contributed by atoms with E-state index in [0.717, 1.165) is 148 Å². The molecule has 0 aromatic heterocycles. The average Bonchev–Trinajstić information content (AvgIpc) is 2.82. The number of ether oxygens (including phenoxy) is 6. The van der Waals surface area contributed by atoms with Crippen molar-refractivity contribution in [1.29, 1.82) is 0 Å². The van der Waals surface area contributed by atoms with Gasteiger partial charge in [-0.1, -0.05) is 217 Å². The molecule has 2 saturated heterocycles. The van der Waals surface area contributed by atoms with Crippen LogP contribution in [0, 0.1) is 0 Å². The second kappa shape index (κ2) is 55.2. The van der Waals surface area contributed by atoms with Gasteiger partial charge in [-0.25, -0.2) is 0 Å². The molecule has 2 heterocycles. The van der Waals surface area contributed by atoms with Crippen LogP contribution in [0.15, 0.2) is 146 Å². The smallest absolute Gasteiger partial charge is 0.306 e. The number of rotatable bonds is 51. The topological polar surface area (TPSA) is 214 Å². The van der Waals surface area contributed by atoms with Crippen LogP contribution in [-0.4, -0.2) is 142 Å². The Morgan fingerprint density at radius 3 is 1.14 bits per heavy atom. The van der Waals surface area contributed by atoms with Gasteiger partial charge in [-0.3, -0.25) is 4.79 Å². The van der Waals surface area contributed by atoms with E-state index in [9.17, 15) is 40.5 Å². The molecule has 2 aliphatic rings. The van der Waals surface area contributed by atoms with Crippen molar-refractivity contribution in [3.05, 3.63) is 146 Å². The van der Waals surface area contributed by atoms with E-state index in [1.54, 1.807) is 0 Å². The standard InChI is InChI=1S/C71H114O14/c1-3-5-7-9-11-13-15-17-19-21-23-25-27-29-31-33-35-37-39-41-43-45-47-49-51-53-55-80-57-60(58-81-70-69(79)67(77)65(75)62(85-70)59-82-71-68(78)66(76)64(74)61(56-72)84-71)83-63(73)54-52-50-48-46-44-42-40-38-36-34-32-30-28-26-24-22-20-18-16-14-12-10-8-6-4-2/h5-8,11-14,17-20,23-26,29-32,35-38,60-62,64-72,74-79H,3-4,9-10,15-16,21-22,27-28,33-34,39-59H2,1-2H3/b7-5-,8-6-,13-11-,14-12-,19-17-,20-18-,25-23-,26-24-,31-29-,32-30-,37-35-,38-36-. The number of hydrogen-bond donors (Lipinski definition) is 7. The maximum absolute atomic E-state index is 13.1. The zero-order valence-corrected chi connectivity index (χ0v) is 52.0. The number of carbonyl (C=O) groups is 1. The van der Waals surface area contributed by atoms with Crippen LogP contribution in [0.5, 0.6) is 0 Å². The molecule has 0 aromatic carbocycles. The Hall–Kier alpha value is -4.13. The summed E-state index contributed by atoms with van der Waals surface area (Å²) in [6.45, 7) is 3.39. The lowest BCUT2D eigenvalue weighted by Crippen LogP contribution is -2.61. The van der Waals surface area contributed by atoms with Gasteiger partial charge >= 0.3 is 5.97 Å². The Balaban J connectivity index is 1.70. The molecule has 2 aliphatic heterocycles. The molecule has 482 valence electrons. The molecule has 0 amide bonds. The van der Waals surface area contributed by atoms with Crippen molar-refractivity contribution >= 4 is 5.97 Å². The number of aliphatic hydroxyl groups is 7. The molecule has 0 aliphatic carbocycles. The third kappa shape index (κ3) is 40.9. The van der Waals surface area contributed by atoms with Crippen molar-refractivity contribution in [2.75, 3.05) is 33.0 Å². The summed E-state index contributed by atoms with van der Waals surface area (Å²) in [7, 11) is 0. The quantitative estimate of drug-likeness (QED) is 0.0172. The molecule has 11 unspecified atom stereocenters. The minimum Gasteiger partial charge on any atom is -0.457 e. The highest BCUT2D eigenvalue weighted by Crippen LogP contribution is 2.27. The van der Waals surface area contributed by atoms with Crippen LogP contribution >= 0.6 is 0 Å². The Morgan fingerprint density at radius 1 is 0.388 bits per heavy atom. The predicted octanol–water partition coefficient (Wildman–Crippen LogP) is 13.2. The Kier molecular flexibility index (Phi) is 50.0. The molecule has 14 nitrogen and oxygen atoms in total. The van der Waals surface area contributed by atoms with Gasteiger partial charge in [-0.15, -0.1) is 0 Å². The van der Waals surface area contributed by atoms with Gasteiger partial charge in [0.2, 0.25) is 0 Å². The minimum atomic E-state index is -1.72. The molecule has 85 heavy (non-hydrogen) atoms. The molecule has 0 bridgehead atoms. The van der Waals surface area contributed by atoms with Crippen LogP contribution in [0.25, 0.3) is 0 Å². The normalized spacial score (nSPS) is 24.2. The maximum atomic E-state index is 13.1. The van der Waals surface area contributed by atoms with Gasteiger partial charge in [-0.2, -0.15) is 0 Å². The van der Waals surface area contributed by atoms with Crippen LogP contribution < -0.4 is 0 Å². The van der Waals surface area contributed by atoms with E-state index in [4.69, 9.17) is 28.4 Å². The van der Waals surface area contributed by atoms with Crippen molar-refractivity contribution in [3.63, 3.8) is 0 Å². The molecule has 0 radical (unpaired) electrons. The first-order valence-electron chi connectivity index (χ1n) is 32.4. The largest absolute Gasteiger partial charge is 0.457 e. The van der Waals surface area contributed by atoms with Crippen molar-refractivity contribution in [3.8, 4) is 0 Å². The number of hydrogen-bond acceptors (Lipinski definition) is 14. The minimum absolute atomic E-state index is 0.0365. The maximum Gasteiger partial charge on any atom is 0.306 e. The summed E-state index contributed by atoms with van der Waals surface area (Å²) in [5.74, 6) is -0.401. The highest BCUT2D eigenvalue weighted by Gasteiger charge is 2.47. The number of aliphatic hydroxyl groups excluding tert-OH is 7. The highest BCUT2D eigenvalue weighted by molar-refractivity contribution is 5.69. The van der Waals surface area contributed by atoms with E-state index in [2.05, 4.69) is 160 Å². The van der Waals surface area contributed by atoms with E-state index in [0.29, 0.717) is 13.0 Å². The fourth-order valence-corrected chi connectivity index (χ4v) is 9.23. The molecule has 0 saturated carbocycles. The van der Waals surface area contributed by atoms with Gasteiger partial charge in [-0.05, 0) is 116 Å². The van der Waals surface area contributed by atoms with Gasteiger partial charge in [0, 0.05) is 13.0 Å². The van der Waals surface area contributed by atoms with E-state index < -0.39 is 86.7 Å². The molecular weight excluding hydrogens is 1080 g/mol. The molecule has 11 atom stereocenters. The van der Waals surface area contributed by atoms with Gasteiger partial charge < -0.3 is 64.2 Å². The molecule has 0 aromatic rings. The average molecular weight is 1190 g/mol. The highest BCUT2D eigenvalue weighted by atomic mass is 16.7. The van der Waals surface area contributed by atoms with Crippen LogP contribution in [0.1, 0.15) is 194 Å². The van der Waals surface area contributed by atoms with Crippen molar-refractivity contribution in [2.24, 2.45) is 0 Å². The van der Waals surface area contributed by atoms with Gasteiger partial charge in [0.1, 0.15) is 54.9 Å². The summed E-state index contributed by atoms with van der Waals surface area (Å²) in [5.41, 5.74) is 0. The number of unbranched alkanes of at least 4 members (excludes halogenated alkanes) is 13. The number of carbonyl (C=O) groups excluding carboxylic acids is 1. The zero-order valence-electron chi connectivity index (χ0n) is 52.0. The molecule has 2 fully saturated rings. The predicted molar refractivity (Wildman–Crippen MR) is 343 cm³/mol. The van der Waals surface area contributed by atoms with E-state index >= 15 is 0 Å². The van der Waals surface area contributed by atoms with E-state index in [1.807, 2.05) is 0 Å². The summed E-state index contributed by atoms with van der Waals surface area (Å²) in [6, 6.07) is 0. The van der Waals surface area contributed by atoms with Crippen LogP contribution in [0.2, 0.25) is 0 Å². The first kappa shape index (κ1) is 77.0. The van der Waals surface area contributed by atoms with Crippen molar-refractivity contribution < 1.29 is 69.0 Å². The van der Waals surface area contributed by atoms with Gasteiger partial charge in [0.15, 0.2) is 12.6 Å². The van der Waals surface area contributed by atoms with Crippen LogP contribution in [0.3, 0.4) is 0 Å². The fourth-order valence-electron chi connectivity index (χ4n) is 9.23. The van der Waals surface area contributed by atoms with Crippen LogP contribution in [-0.2, 0) is 33.2 Å². The summed E-state index contributed by atoms with van der Waals surface area (Å²) in [4.78, 5) is 13.1. The first-order valence-corrected chi connectivity index (χ1v) is 32.4. The molecular formula is C71H114O14. The van der Waals surface area contributed by atoms with Crippen LogP contribution in [0.4, 0.5) is 0 Å². The SMILES string of the molecule is CC/C=C\C/C=C\C/C=C\C/C=C\C/C=C\C/C=C\CCCCCCCCCOCC(COC1OC(COC2OC(CO)C(O)C(O)C2O)C(O)C(O)C1O)OC(=O)CCCCCCCC/C=C\C/C=C\C/C=C\C/C=C\C/C=C\C/C=C\CC. The summed E-state index contributed by atoms with van der Waals surface area (Å²) in [5, 5.41) is 72.6. The second-order valence-electron chi connectivity index (χ2n) is 21.8. The third-order valence-corrected chi connectivity index (χ3v) is 14.3. The summed E-state index contributed by atoms with van der Waals surface area (Å²) >= 11 is 0. The molecule has 0 spiro atoms. The fraction of sp³-hybridized carbons (Fsp3) is 0.648. The van der Waals surface area contributed by atoms with Gasteiger partial charge in [0.05, 0.1) is 26.4 Å². The molecule has 14 heteroatoms. The van der Waals surface area contributed by atoms with Crippen molar-refractivity contribution in [2.45, 2.75) is 261 Å². The summed E-state index contributed by atoms with van der Waals surface area (Å²) < 4.78 is 34.5. The van der Waals surface area contributed by atoms with E-state index in [-0.39, 0.29) is 19.6 Å². The number of esters is 1.